The Morgan fingerprint density at radius 3 is 2.85 bits per heavy atom. The molecule has 0 amide bonds. The van der Waals surface area contributed by atoms with Crippen LogP contribution in [0.3, 0.4) is 0 Å². The number of esters is 1. The van der Waals surface area contributed by atoms with Crippen LogP contribution in [0.5, 0.6) is 5.75 Å². The number of hydrogen-bond donors (Lipinski definition) is 0. The van der Waals surface area contributed by atoms with Gasteiger partial charge >= 0.3 is 5.97 Å². The summed E-state index contributed by atoms with van der Waals surface area (Å²) in [5.74, 6) is -0.604. The van der Waals surface area contributed by atoms with E-state index in [9.17, 15) is 9.18 Å². The molecule has 0 aliphatic carbocycles. The third kappa shape index (κ3) is 4.71. The molecule has 0 saturated carbocycles. The average Bonchev–Trinajstić information content (AvgIpc) is 3.14. The molecule has 1 heterocycles. The van der Waals surface area contributed by atoms with Crippen LogP contribution in [0.2, 0.25) is 5.02 Å². The van der Waals surface area contributed by atoms with Gasteiger partial charge in [-0.05, 0) is 35.9 Å². The van der Waals surface area contributed by atoms with Gasteiger partial charge in [-0.15, -0.1) is 0 Å². The Morgan fingerprint density at radius 1 is 1.30 bits per heavy atom. The van der Waals surface area contributed by atoms with Gasteiger partial charge in [-0.25, -0.2) is 9.18 Å². The van der Waals surface area contributed by atoms with Crippen molar-refractivity contribution in [2.24, 2.45) is 0 Å². The summed E-state index contributed by atoms with van der Waals surface area (Å²) in [5.41, 5.74) is 1.10. The summed E-state index contributed by atoms with van der Waals surface area (Å²) in [6, 6.07) is 11.4. The second-order valence-corrected chi connectivity index (χ2v) is 5.73. The van der Waals surface area contributed by atoms with Crippen molar-refractivity contribution >= 4 is 23.6 Å². The fourth-order valence-electron chi connectivity index (χ4n) is 2.20. The number of rotatable bonds is 6. The first-order chi connectivity index (χ1) is 13.1. The fraction of sp³-hybridized carbons (Fsp3) is 0.105. The van der Waals surface area contributed by atoms with Gasteiger partial charge in [-0.3, -0.25) is 0 Å². The summed E-state index contributed by atoms with van der Waals surface area (Å²) >= 11 is 6.07. The van der Waals surface area contributed by atoms with Crippen LogP contribution >= 0.6 is 11.6 Å². The molecular weight excluding hydrogens is 375 g/mol. The number of hydrogen-bond acceptors (Lipinski definition) is 6. The lowest BCUT2D eigenvalue weighted by molar-refractivity contribution is -0.139. The molecule has 1 aromatic heterocycles. The van der Waals surface area contributed by atoms with E-state index in [1.54, 1.807) is 30.3 Å². The summed E-state index contributed by atoms with van der Waals surface area (Å²) < 4.78 is 28.5. The van der Waals surface area contributed by atoms with Crippen molar-refractivity contribution in [3.05, 3.63) is 70.8 Å². The molecule has 0 aliphatic heterocycles. The molecule has 6 nitrogen and oxygen atoms in total. The van der Waals surface area contributed by atoms with E-state index < -0.39 is 11.8 Å². The van der Waals surface area contributed by atoms with Crippen LogP contribution in [0.1, 0.15) is 11.5 Å². The highest BCUT2D eigenvalue weighted by Crippen LogP contribution is 2.25. The highest BCUT2D eigenvalue weighted by atomic mass is 35.5. The highest BCUT2D eigenvalue weighted by Gasteiger charge is 2.12. The summed E-state index contributed by atoms with van der Waals surface area (Å²) in [6.45, 7) is -0.197. The van der Waals surface area contributed by atoms with Crippen molar-refractivity contribution in [1.82, 2.24) is 10.1 Å². The highest BCUT2D eigenvalue weighted by molar-refractivity contribution is 6.33. The molecule has 0 aliphatic rings. The van der Waals surface area contributed by atoms with E-state index in [-0.39, 0.29) is 18.2 Å². The second kappa shape index (κ2) is 8.46. The Kier molecular flexibility index (Phi) is 5.83. The van der Waals surface area contributed by atoms with E-state index in [1.807, 2.05) is 0 Å². The van der Waals surface area contributed by atoms with Crippen LogP contribution in [-0.2, 0) is 16.1 Å². The summed E-state index contributed by atoms with van der Waals surface area (Å²) in [4.78, 5) is 15.9. The van der Waals surface area contributed by atoms with Crippen LogP contribution in [0.15, 0.2) is 53.1 Å². The van der Waals surface area contributed by atoms with Gasteiger partial charge in [-0.1, -0.05) is 35.0 Å². The van der Waals surface area contributed by atoms with Crippen molar-refractivity contribution in [3.8, 4) is 17.1 Å². The lowest BCUT2D eigenvalue weighted by atomic mass is 10.2. The van der Waals surface area contributed by atoms with Crippen molar-refractivity contribution in [2.75, 3.05) is 7.11 Å². The molecule has 0 unspecified atom stereocenters. The largest absolute Gasteiger partial charge is 0.494 e. The predicted octanol–water partition coefficient (Wildman–Crippen LogP) is 4.29. The third-order valence-electron chi connectivity index (χ3n) is 3.51. The molecule has 3 rings (SSSR count). The van der Waals surface area contributed by atoms with Crippen molar-refractivity contribution < 1.29 is 23.2 Å². The van der Waals surface area contributed by atoms with Gasteiger partial charge in [0, 0.05) is 11.6 Å². The Labute approximate surface area is 159 Å². The Morgan fingerprint density at radius 2 is 2.11 bits per heavy atom. The number of nitrogens with zero attached hydrogens (tertiary/aromatic N) is 2. The van der Waals surface area contributed by atoms with E-state index in [2.05, 4.69) is 10.1 Å². The van der Waals surface area contributed by atoms with Gasteiger partial charge < -0.3 is 14.0 Å². The van der Waals surface area contributed by atoms with Crippen LogP contribution in [-0.4, -0.2) is 23.2 Å². The van der Waals surface area contributed by atoms with Crippen molar-refractivity contribution in [2.45, 2.75) is 6.61 Å². The SMILES string of the molecule is COc1ccc(/C=C/C(=O)OCc2nc(-c3ccccc3Cl)no2)cc1F. The van der Waals surface area contributed by atoms with E-state index >= 15 is 0 Å². The number of aromatic nitrogens is 2. The minimum Gasteiger partial charge on any atom is -0.494 e. The van der Waals surface area contributed by atoms with E-state index in [0.717, 1.165) is 0 Å². The molecule has 0 fully saturated rings. The van der Waals surface area contributed by atoms with Crippen LogP contribution in [0.4, 0.5) is 4.39 Å². The number of methoxy groups -OCH3 is 1. The molecule has 0 radical (unpaired) electrons. The standard InChI is InChI=1S/C19H14ClFN2O4/c1-25-16-8-6-12(10-15(16)21)7-9-18(24)26-11-17-22-19(23-27-17)13-4-2-3-5-14(13)20/h2-10H,11H2,1H3/b9-7+. The molecule has 138 valence electrons. The van der Waals surface area contributed by atoms with E-state index in [1.165, 1.54) is 31.4 Å². The molecule has 0 N–H and O–H groups in total. The maximum Gasteiger partial charge on any atom is 0.331 e. The molecule has 0 bridgehead atoms. The number of carbonyl (C=O) groups excluding carboxylic acids is 1. The molecule has 3 aromatic rings. The zero-order valence-electron chi connectivity index (χ0n) is 14.2. The van der Waals surface area contributed by atoms with Gasteiger partial charge in [0.05, 0.1) is 12.1 Å². The summed E-state index contributed by atoms with van der Waals surface area (Å²) in [6.07, 6.45) is 2.60. The quantitative estimate of drug-likeness (QED) is 0.463. The Balaban J connectivity index is 1.58. The first-order valence-electron chi connectivity index (χ1n) is 7.82. The minimum absolute atomic E-state index is 0.125. The normalized spacial score (nSPS) is 10.9. The maximum absolute atomic E-state index is 13.6. The number of ether oxygens (including phenoxy) is 2. The molecule has 2 aromatic carbocycles. The monoisotopic (exact) mass is 388 g/mol. The number of benzene rings is 2. The topological polar surface area (TPSA) is 74.5 Å². The Hall–Kier alpha value is -3.19. The van der Waals surface area contributed by atoms with Gasteiger partial charge in [0.25, 0.3) is 5.89 Å². The fourth-order valence-corrected chi connectivity index (χ4v) is 2.42. The number of halogens is 2. The zero-order chi connectivity index (χ0) is 19.2. The molecule has 0 atom stereocenters. The third-order valence-corrected chi connectivity index (χ3v) is 3.84. The van der Waals surface area contributed by atoms with Gasteiger partial charge in [-0.2, -0.15) is 4.98 Å². The molecule has 8 heteroatoms. The molecule has 0 spiro atoms. The van der Waals surface area contributed by atoms with Gasteiger partial charge in [0.15, 0.2) is 18.2 Å². The first kappa shape index (κ1) is 18.6. The lowest BCUT2D eigenvalue weighted by Gasteiger charge is -2.02. The van der Waals surface area contributed by atoms with Crippen LogP contribution in [0, 0.1) is 5.82 Å². The smallest absolute Gasteiger partial charge is 0.331 e. The van der Waals surface area contributed by atoms with Crippen molar-refractivity contribution in [1.29, 1.82) is 0 Å². The molecule has 27 heavy (non-hydrogen) atoms. The van der Waals surface area contributed by atoms with E-state index in [4.69, 9.17) is 25.6 Å². The van der Waals surface area contributed by atoms with Crippen molar-refractivity contribution in [3.63, 3.8) is 0 Å². The number of carbonyl (C=O) groups is 1. The molecular formula is C19H14ClFN2O4. The summed E-state index contributed by atoms with van der Waals surface area (Å²) in [5, 5.41) is 4.29. The molecule has 0 saturated heterocycles. The lowest BCUT2D eigenvalue weighted by Crippen LogP contribution is -2.01. The average molecular weight is 389 g/mol. The minimum atomic E-state index is -0.635. The second-order valence-electron chi connectivity index (χ2n) is 5.33. The van der Waals surface area contributed by atoms with Crippen LogP contribution < -0.4 is 4.74 Å². The van der Waals surface area contributed by atoms with Crippen LogP contribution in [0.25, 0.3) is 17.5 Å². The van der Waals surface area contributed by atoms with E-state index in [0.29, 0.717) is 22.0 Å². The zero-order valence-corrected chi connectivity index (χ0v) is 14.9. The summed E-state index contributed by atoms with van der Waals surface area (Å²) in [7, 11) is 1.37. The predicted molar refractivity (Wildman–Crippen MR) is 96.5 cm³/mol. The first-order valence-corrected chi connectivity index (χ1v) is 8.20. The Bertz CT molecular complexity index is 987. The maximum atomic E-state index is 13.6. The van der Waals surface area contributed by atoms with Gasteiger partial charge in [0.1, 0.15) is 0 Å². The van der Waals surface area contributed by atoms with Gasteiger partial charge in [0.2, 0.25) is 5.82 Å².